The summed E-state index contributed by atoms with van der Waals surface area (Å²) in [5.74, 6) is 1.74. The van der Waals surface area contributed by atoms with Crippen molar-refractivity contribution >= 4 is 34.7 Å². The molecule has 8 heterocycles. The van der Waals surface area contributed by atoms with Crippen molar-refractivity contribution in [2.45, 2.75) is 80.7 Å². The number of benzene rings is 3. The SMILES string of the molecule is COc1ccc2oc3c(c2c1)C[C@H](CN)N[C@]31CS[C@@H]2c3c(OC(C)=O)c(C)c4c(c3[C@H](COC1=O)N1[C@@H]2[C@@H]2c3c(cc(C)c(OC)c3O)CC([C@@H]1C#N)N2C)OCO4. The maximum atomic E-state index is 15.1. The summed E-state index contributed by atoms with van der Waals surface area (Å²) in [4.78, 5) is 32.5. The van der Waals surface area contributed by atoms with Crippen LogP contribution in [-0.2, 0) is 32.7 Å². The molecule has 1 aromatic heterocycles. The maximum absolute atomic E-state index is 15.1. The molecule has 2 saturated heterocycles. The molecule has 8 atom stereocenters. The van der Waals surface area contributed by atoms with Gasteiger partial charge in [-0.15, -0.1) is 11.8 Å². The first-order chi connectivity index (χ1) is 28.5. The second-order valence-electron chi connectivity index (χ2n) is 16.3. The van der Waals surface area contributed by atoms with Gasteiger partial charge in [-0.05, 0) is 63.1 Å². The number of carbonyl (C=O) groups excluding carboxylic acids is 2. The second-order valence-corrected chi connectivity index (χ2v) is 17.4. The Hall–Kier alpha value is -5.18. The highest BCUT2D eigenvalue weighted by molar-refractivity contribution is 7.99. The zero-order valence-electron chi connectivity index (χ0n) is 33.5. The van der Waals surface area contributed by atoms with Crippen molar-refractivity contribution in [1.29, 1.82) is 5.26 Å². The average Bonchev–Trinajstić information content (AvgIpc) is 3.86. The van der Waals surface area contributed by atoms with E-state index in [0.29, 0.717) is 75.2 Å². The van der Waals surface area contributed by atoms with Gasteiger partial charge in [-0.2, -0.15) is 5.26 Å². The van der Waals surface area contributed by atoms with Crippen molar-refractivity contribution in [1.82, 2.24) is 15.1 Å². The number of carbonyl (C=O) groups is 2. The molecule has 0 amide bonds. The first-order valence-electron chi connectivity index (χ1n) is 19.7. The topological polar surface area (TPSA) is 191 Å². The molecule has 59 heavy (non-hydrogen) atoms. The number of piperazine rings is 1. The molecule has 0 aliphatic carbocycles. The Kier molecular flexibility index (Phi) is 8.82. The molecule has 1 unspecified atom stereocenters. The number of methoxy groups -OCH3 is 2. The van der Waals surface area contributed by atoms with Gasteiger partial charge < -0.3 is 43.7 Å². The third kappa shape index (κ3) is 5.21. The quantitative estimate of drug-likeness (QED) is 0.194. The summed E-state index contributed by atoms with van der Waals surface area (Å²) in [6.07, 6.45) is 0.989. The van der Waals surface area contributed by atoms with Gasteiger partial charge in [0.1, 0.15) is 35.5 Å². The summed E-state index contributed by atoms with van der Waals surface area (Å²) in [6, 6.07) is 7.12. The summed E-state index contributed by atoms with van der Waals surface area (Å²) in [7, 11) is 5.14. The van der Waals surface area contributed by atoms with E-state index in [2.05, 4.69) is 21.2 Å². The van der Waals surface area contributed by atoms with Gasteiger partial charge in [-0.25, -0.2) is 4.79 Å². The summed E-state index contributed by atoms with van der Waals surface area (Å²) in [6.45, 7) is 5.06. The van der Waals surface area contributed by atoms with Crippen molar-refractivity contribution in [3.63, 3.8) is 0 Å². The lowest BCUT2D eigenvalue weighted by Crippen LogP contribution is -2.69. The van der Waals surface area contributed by atoms with E-state index < -0.39 is 46.9 Å². The van der Waals surface area contributed by atoms with Crippen LogP contribution in [0.15, 0.2) is 28.7 Å². The van der Waals surface area contributed by atoms with Crippen LogP contribution in [0.4, 0.5) is 0 Å². The number of nitrogens with one attached hydrogen (secondary N) is 1. The van der Waals surface area contributed by atoms with Crippen LogP contribution < -0.4 is 34.7 Å². The third-order valence-electron chi connectivity index (χ3n) is 13.3. The number of thioether (sulfide) groups is 1. The van der Waals surface area contributed by atoms with Gasteiger partial charge in [0.2, 0.25) is 6.79 Å². The first-order valence-corrected chi connectivity index (χ1v) is 20.8. The number of ether oxygens (including phenoxy) is 6. The number of nitrogens with zero attached hydrogens (tertiary/aromatic N) is 3. The number of fused-ring (bicyclic) bond motifs is 11. The van der Waals surface area contributed by atoms with Gasteiger partial charge in [0.25, 0.3) is 0 Å². The number of hydrogen-bond donors (Lipinski definition) is 3. The van der Waals surface area contributed by atoms with Crippen molar-refractivity contribution in [3.8, 4) is 40.6 Å². The fourth-order valence-electron chi connectivity index (χ4n) is 10.9. The van der Waals surface area contributed by atoms with E-state index >= 15 is 4.79 Å². The number of nitrogens with two attached hydrogens (primary N) is 1. The predicted molar refractivity (Wildman–Crippen MR) is 214 cm³/mol. The predicted octanol–water partition coefficient (Wildman–Crippen LogP) is 4.35. The molecule has 16 heteroatoms. The number of nitriles is 1. The zero-order valence-corrected chi connectivity index (χ0v) is 34.4. The third-order valence-corrected chi connectivity index (χ3v) is 14.8. The fraction of sp³-hybridized carbons (Fsp3) is 0.465. The smallest absolute Gasteiger partial charge is 0.335 e. The van der Waals surface area contributed by atoms with Gasteiger partial charge in [-0.3, -0.25) is 19.9 Å². The molecule has 7 aliphatic rings. The monoisotopic (exact) mass is 823 g/mol. The number of likely N-dealkylation sites (N-methyl/N-ethyl adjacent to an activating group) is 1. The molecule has 11 rings (SSSR count). The zero-order chi connectivity index (χ0) is 41.2. The molecule has 308 valence electrons. The normalized spacial score (nSPS) is 29.2. The largest absolute Gasteiger partial charge is 0.504 e. The van der Waals surface area contributed by atoms with Crippen LogP contribution >= 0.6 is 11.8 Å². The second kappa shape index (κ2) is 13.7. The highest BCUT2D eigenvalue weighted by Crippen LogP contribution is 2.64. The van der Waals surface area contributed by atoms with E-state index in [1.165, 1.54) is 18.7 Å². The lowest BCUT2D eigenvalue weighted by atomic mass is 9.71. The molecule has 15 nitrogen and oxygen atoms in total. The van der Waals surface area contributed by atoms with Gasteiger partial charge in [0.15, 0.2) is 28.5 Å². The molecular formula is C43H45N5O10S. The highest BCUT2D eigenvalue weighted by Gasteiger charge is 2.62. The van der Waals surface area contributed by atoms with E-state index in [0.717, 1.165) is 22.1 Å². The lowest BCUT2D eigenvalue weighted by Gasteiger charge is -2.62. The molecule has 3 aromatic carbocycles. The van der Waals surface area contributed by atoms with Crippen LogP contribution in [0.5, 0.6) is 34.5 Å². The summed E-state index contributed by atoms with van der Waals surface area (Å²) in [5.41, 5.74) is 10.7. The van der Waals surface area contributed by atoms with Gasteiger partial charge in [0, 0.05) is 70.6 Å². The molecule has 4 aromatic rings. The lowest BCUT2D eigenvalue weighted by molar-refractivity contribution is -0.158. The Morgan fingerprint density at radius 3 is 2.63 bits per heavy atom. The number of esters is 2. The van der Waals surface area contributed by atoms with Crippen molar-refractivity contribution < 1.29 is 47.5 Å². The van der Waals surface area contributed by atoms with Crippen LogP contribution in [0.2, 0.25) is 0 Å². The molecule has 1 spiro atoms. The van der Waals surface area contributed by atoms with E-state index in [1.54, 1.807) is 14.2 Å². The molecule has 0 saturated carbocycles. The first kappa shape index (κ1) is 38.0. The minimum Gasteiger partial charge on any atom is -0.504 e. The van der Waals surface area contributed by atoms with Gasteiger partial charge in [0.05, 0.1) is 37.6 Å². The summed E-state index contributed by atoms with van der Waals surface area (Å²) >= 11 is 1.47. The summed E-state index contributed by atoms with van der Waals surface area (Å²) in [5, 5.41) is 27.2. The Bertz CT molecular complexity index is 2520. The number of aromatic hydroxyl groups is 1. The van der Waals surface area contributed by atoms with Gasteiger partial charge >= 0.3 is 11.9 Å². The molecule has 4 bridgehead atoms. The van der Waals surface area contributed by atoms with Crippen molar-refractivity contribution in [3.05, 3.63) is 69.0 Å². The van der Waals surface area contributed by atoms with Crippen LogP contribution in [0.25, 0.3) is 11.0 Å². The summed E-state index contributed by atoms with van der Waals surface area (Å²) < 4.78 is 43.1. The molecule has 4 N–H and O–H groups in total. The molecule has 0 radical (unpaired) electrons. The standard InChI is InChI=1S/C43H45N5O10S/c1-18-9-21-10-26-27(14-45)48-28-15-54-42(51)43(41-25(11-22(13-44)46-43)24-12-23(52-5)7-8-29(24)58-41)16-59-40(34(48)33(47(26)4)30(21)35(50)36(18)53-6)32-31(28)39-38(55-17-56-39)19(2)37(32)57-20(3)49/h7-9,12,22,26-28,33-34,40,46,50H,10-11,13,15-17,44H2,1-6H3/t22-,26?,27+,28+,33+,34-,40-,43-/m1/s1. The Morgan fingerprint density at radius 2 is 1.90 bits per heavy atom. The highest BCUT2D eigenvalue weighted by atomic mass is 32.2. The fourth-order valence-corrected chi connectivity index (χ4v) is 12.6. The van der Waals surface area contributed by atoms with E-state index in [9.17, 15) is 15.2 Å². The number of rotatable bonds is 4. The van der Waals surface area contributed by atoms with Crippen LogP contribution in [0.1, 0.15) is 69.0 Å². The van der Waals surface area contributed by atoms with Crippen molar-refractivity contribution in [2.75, 3.05) is 47.0 Å². The minimum absolute atomic E-state index is 0.0402. The van der Waals surface area contributed by atoms with E-state index in [4.69, 9.17) is 38.6 Å². The molecule has 7 aliphatic heterocycles. The Labute approximate surface area is 344 Å². The van der Waals surface area contributed by atoms with Crippen molar-refractivity contribution in [2.24, 2.45) is 5.73 Å². The van der Waals surface area contributed by atoms with Crippen LogP contribution in [-0.4, -0.2) is 98.0 Å². The maximum Gasteiger partial charge on any atom is 0.335 e. The van der Waals surface area contributed by atoms with E-state index in [1.807, 2.05) is 45.2 Å². The molecule has 2 fully saturated rings. The number of aryl methyl sites for hydroxylation is 1. The van der Waals surface area contributed by atoms with Crippen LogP contribution in [0.3, 0.4) is 0 Å². The van der Waals surface area contributed by atoms with Gasteiger partial charge in [-0.1, -0.05) is 6.07 Å². The number of hydrogen-bond acceptors (Lipinski definition) is 16. The average molecular weight is 824 g/mol. The van der Waals surface area contributed by atoms with E-state index in [-0.39, 0.29) is 43.5 Å². The Morgan fingerprint density at radius 1 is 1.10 bits per heavy atom. The Balaban J connectivity index is 1.25. The minimum atomic E-state index is -1.51. The number of furan rings is 1. The number of phenols is 1. The molecular weight excluding hydrogens is 779 g/mol. The van der Waals surface area contributed by atoms with Crippen LogP contribution in [0, 0.1) is 25.2 Å². The number of phenolic OH excluding ortho intramolecular Hbond substituents is 1.